The fraction of sp³-hybridized carbons (Fsp3) is 0.0952. The first-order chi connectivity index (χ1) is 13.6. The number of hydrogen-bond acceptors (Lipinski definition) is 3. The van der Waals surface area contributed by atoms with E-state index in [4.69, 9.17) is 0 Å². The Kier molecular flexibility index (Phi) is 3.61. The van der Waals surface area contributed by atoms with Gasteiger partial charge in [0.05, 0.1) is 23.8 Å². The van der Waals surface area contributed by atoms with Crippen molar-refractivity contribution in [3.8, 4) is 22.4 Å². The summed E-state index contributed by atoms with van der Waals surface area (Å²) >= 11 is 0. The van der Waals surface area contributed by atoms with Crippen LogP contribution in [0.5, 0.6) is 0 Å². The van der Waals surface area contributed by atoms with Gasteiger partial charge < -0.3 is 4.57 Å². The maximum Gasteiger partial charge on any atom is 0.275 e. The average Bonchev–Trinajstić information content (AvgIpc) is 3.30. The molecule has 2 aliphatic rings. The average molecular weight is 373 g/mol. The Labute approximate surface area is 159 Å². The third-order valence-corrected chi connectivity index (χ3v) is 4.95. The first kappa shape index (κ1) is 16.4. The zero-order valence-corrected chi connectivity index (χ0v) is 15.1. The summed E-state index contributed by atoms with van der Waals surface area (Å²) < 4.78 is 18.4. The maximum atomic E-state index is 14.8. The number of pyridine rings is 1. The van der Waals surface area contributed by atoms with Crippen molar-refractivity contribution in [3.05, 3.63) is 82.8 Å². The van der Waals surface area contributed by atoms with Crippen molar-refractivity contribution in [2.45, 2.75) is 6.54 Å². The molecule has 138 valence electrons. The summed E-state index contributed by atoms with van der Waals surface area (Å²) in [5.41, 5.74) is 3.94. The van der Waals surface area contributed by atoms with Crippen molar-refractivity contribution in [1.82, 2.24) is 24.5 Å². The molecule has 0 fully saturated rings. The van der Waals surface area contributed by atoms with Crippen molar-refractivity contribution < 1.29 is 4.39 Å². The lowest BCUT2D eigenvalue weighted by Gasteiger charge is -2.14. The smallest absolute Gasteiger partial charge is 0.275 e. The Morgan fingerprint density at radius 1 is 1.11 bits per heavy atom. The van der Waals surface area contributed by atoms with Crippen LogP contribution in [0.25, 0.3) is 33.3 Å². The van der Waals surface area contributed by atoms with Gasteiger partial charge in [0.1, 0.15) is 11.5 Å². The van der Waals surface area contributed by atoms with E-state index in [0.29, 0.717) is 23.4 Å². The number of H-pyrrole nitrogens is 1. The monoisotopic (exact) mass is 373 g/mol. The highest BCUT2D eigenvalue weighted by molar-refractivity contribution is 5.93. The van der Waals surface area contributed by atoms with Crippen molar-refractivity contribution >= 4 is 10.9 Å². The summed E-state index contributed by atoms with van der Waals surface area (Å²) in [6.45, 7) is 0.306. The van der Waals surface area contributed by atoms with Gasteiger partial charge in [-0.25, -0.2) is 9.49 Å². The zero-order chi connectivity index (χ0) is 19.3. The minimum atomic E-state index is -0.299. The molecule has 1 aromatic heterocycles. The van der Waals surface area contributed by atoms with E-state index in [1.165, 1.54) is 6.07 Å². The second kappa shape index (κ2) is 6.16. The summed E-state index contributed by atoms with van der Waals surface area (Å²) in [5, 5.41) is 11.6. The predicted octanol–water partition coefficient (Wildman–Crippen LogP) is 3.42. The van der Waals surface area contributed by atoms with Gasteiger partial charge in [-0.15, -0.1) is 0 Å². The summed E-state index contributed by atoms with van der Waals surface area (Å²) in [4.78, 5) is 12.1. The van der Waals surface area contributed by atoms with E-state index in [0.717, 1.165) is 22.0 Å². The van der Waals surface area contributed by atoms with E-state index in [1.807, 2.05) is 48.1 Å². The molecular formula is C21H16FN5O. The van der Waals surface area contributed by atoms with Gasteiger partial charge in [-0.2, -0.15) is 10.2 Å². The number of benzene rings is 2. The Bertz CT molecular complexity index is 1350. The fourth-order valence-electron chi connectivity index (χ4n) is 3.55. The summed E-state index contributed by atoms with van der Waals surface area (Å²) in [5.74, 6) is -0.299. The molecule has 6 nitrogen and oxygen atoms in total. The van der Waals surface area contributed by atoms with Crippen LogP contribution < -0.4 is 5.56 Å². The van der Waals surface area contributed by atoms with Gasteiger partial charge in [0, 0.05) is 36.0 Å². The second-order valence-corrected chi connectivity index (χ2v) is 6.80. The van der Waals surface area contributed by atoms with E-state index >= 15 is 0 Å². The van der Waals surface area contributed by atoms with E-state index in [9.17, 15) is 9.18 Å². The van der Waals surface area contributed by atoms with Crippen LogP contribution in [0.3, 0.4) is 0 Å². The van der Waals surface area contributed by atoms with E-state index in [-0.39, 0.29) is 11.4 Å². The first-order valence-electron chi connectivity index (χ1n) is 8.84. The topological polar surface area (TPSA) is 68.5 Å². The Morgan fingerprint density at radius 3 is 2.75 bits per heavy atom. The van der Waals surface area contributed by atoms with Crippen molar-refractivity contribution in [1.29, 1.82) is 0 Å². The van der Waals surface area contributed by atoms with Gasteiger partial charge in [-0.3, -0.25) is 9.48 Å². The van der Waals surface area contributed by atoms with Crippen LogP contribution >= 0.6 is 0 Å². The number of fused-ring (bicyclic) bond motifs is 3. The Balaban J connectivity index is 1.61. The summed E-state index contributed by atoms with van der Waals surface area (Å²) in [6, 6.07) is 12.8. The minimum absolute atomic E-state index is 0.248. The van der Waals surface area contributed by atoms with Crippen LogP contribution in [0.15, 0.2) is 65.8 Å². The number of nitrogens with one attached hydrogen (secondary N) is 1. The number of aryl methyl sites for hydroxylation is 1. The van der Waals surface area contributed by atoms with Gasteiger partial charge in [0.15, 0.2) is 0 Å². The highest BCUT2D eigenvalue weighted by Gasteiger charge is 2.17. The molecule has 0 saturated carbocycles. The highest BCUT2D eigenvalue weighted by Crippen LogP contribution is 2.28. The van der Waals surface area contributed by atoms with Gasteiger partial charge in [-0.1, -0.05) is 30.3 Å². The molecule has 3 heterocycles. The number of halogens is 1. The molecule has 0 unspecified atom stereocenters. The molecule has 0 atom stereocenters. The van der Waals surface area contributed by atoms with Crippen molar-refractivity contribution in [2.24, 2.45) is 7.05 Å². The SMILES string of the molecule is Cn1cc(-c2ccc(Cn3cc4c(=O)[nH]nc-4c4ccccc43)c(F)c2)cn1. The van der Waals surface area contributed by atoms with Crippen LogP contribution in [-0.4, -0.2) is 24.5 Å². The molecular weight excluding hydrogens is 357 g/mol. The third-order valence-electron chi connectivity index (χ3n) is 4.95. The Morgan fingerprint density at radius 2 is 1.96 bits per heavy atom. The lowest BCUT2D eigenvalue weighted by atomic mass is 10.1. The molecule has 2 aromatic carbocycles. The normalized spacial score (nSPS) is 11.5. The lowest BCUT2D eigenvalue weighted by molar-refractivity contribution is 0.602. The highest BCUT2D eigenvalue weighted by atomic mass is 19.1. The number of para-hydroxylation sites is 1. The Hall–Kier alpha value is -3.74. The molecule has 0 amide bonds. The number of nitrogens with zero attached hydrogens (tertiary/aromatic N) is 4. The van der Waals surface area contributed by atoms with Crippen LogP contribution in [0.1, 0.15) is 5.56 Å². The number of aromatic amines is 1. The molecule has 5 rings (SSSR count). The quantitative estimate of drug-likeness (QED) is 0.527. The predicted molar refractivity (Wildman–Crippen MR) is 105 cm³/mol. The minimum Gasteiger partial charge on any atom is -0.342 e. The number of rotatable bonds is 3. The number of hydrogen-bond donors (Lipinski definition) is 1. The standard InChI is InChI=1S/C21H16FN5O/c1-26-10-15(9-23-26)13-6-7-14(18(22)8-13)11-27-12-17-20(24-25-21(17)28)16-4-2-3-5-19(16)27/h2-10,12H,11H2,1H3,(H,25,28). The maximum absolute atomic E-state index is 14.8. The molecule has 1 N–H and O–H groups in total. The molecule has 0 aliphatic carbocycles. The largest absolute Gasteiger partial charge is 0.342 e. The molecule has 0 spiro atoms. The van der Waals surface area contributed by atoms with Gasteiger partial charge in [0.25, 0.3) is 5.56 Å². The molecule has 0 saturated heterocycles. The van der Waals surface area contributed by atoms with Crippen molar-refractivity contribution in [3.63, 3.8) is 0 Å². The van der Waals surface area contributed by atoms with Crippen LogP contribution in [0, 0.1) is 5.82 Å². The molecule has 3 aromatic rings. The summed E-state index contributed by atoms with van der Waals surface area (Å²) in [7, 11) is 1.83. The van der Waals surface area contributed by atoms with Gasteiger partial charge in [0.2, 0.25) is 0 Å². The van der Waals surface area contributed by atoms with Crippen molar-refractivity contribution in [2.75, 3.05) is 0 Å². The second-order valence-electron chi connectivity index (χ2n) is 6.80. The van der Waals surface area contributed by atoms with Crippen LogP contribution in [0.2, 0.25) is 0 Å². The zero-order valence-electron chi connectivity index (χ0n) is 15.1. The molecule has 0 bridgehead atoms. The lowest BCUT2D eigenvalue weighted by Crippen LogP contribution is -2.08. The van der Waals surface area contributed by atoms with E-state index in [2.05, 4.69) is 15.3 Å². The third kappa shape index (κ3) is 2.60. The van der Waals surface area contributed by atoms with E-state index < -0.39 is 0 Å². The van der Waals surface area contributed by atoms with E-state index in [1.54, 1.807) is 23.1 Å². The molecule has 28 heavy (non-hydrogen) atoms. The number of aromatic nitrogens is 5. The molecule has 2 aliphatic heterocycles. The fourth-order valence-corrected chi connectivity index (χ4v) is 3.55. The first-order valence-corrected chi connectivity index (χ1v) is 8.84. The van der Waals surface area contributed by atoms with Gasteiger partial charge in [-0.05, 0) is 17.7 Å². The van der Waals surface area contributed by atoms with Gasteiger partial charge >= 0.3 is 0 Å². The van der Waals surface area contributed by atoms with Crippen LogP contribution in [-0.2, 0) is 13.6 Å². The summed E-state index contributed by atoms with van der Waals surface area (Å²) in [6.07, 6.45) is 5.29. The molecule has 7 heteroatoms. The van der Waals surface area contributed by atoms with Crippen LogP contribution in [0.4, 0.5) is 4.39 Å². The molecule has 0 radical (unpaired) electrons.